The molecule has 4 nitrogen and oxygen atoms in total. The molecule has 16 heavy (non-hydrogen) atoms. The lowest BCUT2D eigenvalue weighted by molar-refractivity contribution is -0.144. The highest BCUT2D eigenvalue weighted by molar-refractivity contribution is 5.75. The fourth-order valence-corrected chi connectivity index (χ4v) is 2.02. The molecule has 0 bridgehead atoms. The van der Waals surface area contributed by atoms with Gasteiger partial charge in [0.1, 0.15) is 6.04 Å². The van der Waals surface area contributed by atoms with Crippen LogP contribution in [0.1, 0.15) is 33.1 Å². The Kier molecular flexibility index (Phi) is 5.22. The summed E-state index contributed by atoms with van der Waals surface area (Å²) in [5.74, 6) is 0.324. The van der Waals surface area contributed by atoms with E-state index < -0.39 is 0 Å². The number of carbonyl (C=O) groups is 1. The predicted molar refractivity (Wildman–Crippen MR) is 62.2 cm³/mol. The highest BCUT2D eigenvalue weighted by Gasteiger charge is 2.32. The molecule has 4 heteroatoms. The third-order valence-corrected chi connectivity index (χ3v) is 3.06. The maximum atomic E-state index is 11.6. The van der Waals surface area contributed by atoms with Crippen LogP contribution in [0.5, 0.6) is 0 Å². The van der Waals surface area contributed by atoms with Gasteiger partial charge in [0.05, 0.1) is 13.2 Å². The van der Waals surface area contributed by atoms with E-state index in [4.69, 9.17) is 9.47 Å². The van der Waals surface area contributed by atoms with Gasteiger partial charge >= 0.3 is 5.97 Å². The van der Waals surface area contributed by atoms with Gasteiger partial charge in [-0.2, -0.15) is 0 Å². The molecule has 1 fully saturated rings. The summed E-state index contributed by atoms with van der Waals surface area (Å²) in [6, 6.07) is 0.223. The molecular formula is C12H23NO3. The first-order chi connectivity index (χ1) is 7.56. The fraction of sp³-hybridized carbons (Fsp3) is 0.917. The smallest absolute Gasteiger partial charge is 0.322 e. The molecule has 0 aromatic carbocycles. The normalized spacial score (nSPS) is 26.3. The monoisotopic (exact) mass is 229 g/mol. The number of nitrogens with one attached hydrogen (secondary N) is 1. The Morgan fingerprint density at radius 1 is 1.38 bits per heavy atom. The van der Waals surface area contributed by atoms with Crippen molar-refractivity contribution in [1.82, 2.24) is 5.32 Å². The van der Waals surface area contributed by atoms with Crippen LogP contribution in [0.15, 0.2) is 0 Å². The maximum Gasteiger partial charge on any atom is 0.322 e. The van der Waals surface area contributed by atoms with Crippen molar-refractivity contribution >= 4 is 5.97 Å². The standard InChI is InChI=1S/C12H23NO3/c1-8(2)5-11(12(14)16-4)13-9-6-10(7-9)15-3/h8-11,13H,5-7H2,1-4H3. The van der Waals surface area contributed by atoms with Crippen molar-refractivity contribution in [3.8, 4) is 0 Å². The van der Waals surface area contributed by atoms with Crippen LogP contribution in [0.4, 0.5) is 0 Å². The Balaban J connectivity index is 2.36. The van der Waals surface area contributed by atoms with Crippen molar-refractivity contribution in [2.24, 2.45) is 5.92 Å². The van der Waals surface area contributed by atoms with E-state index in [0.29, 0.717) is 18.1 Å². The first-order valence-electron chi connectivity index (χ1n) is 5.93. The van der Waals surface area contributed by atoms with Gasteiger partial charge in [-0.05, 0) is 25.2 Å². The summed E-state index contributed by atoms with van der Waals surface area (Å²) in [5, 5.41) is 3.35. The first kappa shape index (κ1) is 13.5. The number of hydrogen-bond donors (Lipinski definition) is 1. The minimum absolute atomic E-state index is 0.158. The molecule has 0 saturated heterocycles. The first-order valence-corrected chi connectivity index (χ1v) is 5.93. The SMILES string of the molecule is COC(=O)C(CC(C)C)NC1CC(OC)C1. The predicted octanol–water partition coefficient (Wildman–Crippen LogP) is 1.34. The van der Waals surface area contributed by atoms with Gasteiger partial charge in [0.25, 0.3) is 0 Å². The van der Waals surface area contributed by atoms with Crippen LogP contribution < -0.4 is 5.32 Å². The summed E-state index contributed by atoms with van der Waals surface area (Å²) in [7, 11) is 3.17. The Hall–Kier alpha value is -0.610. The van der Waals surface area contributed by atoms with Crippen molar-refractivity contribution in [3.05, 3.63) is 0 Å². The lowest BCUT2D eigenvalue weighted by atomic mass is 9.88. The highest BCUT2D eigenvalue weighted by atomic mass is 16.5. The average Bonchev–Trinajstić information content (AvgIpc) is 2.19. The van der Waals surface area contributed by atoms with Crippen molar-refractivity contribution in [2.75, 3.05) is 14.2 Å². The molecule has 1 aliphatic carbocycles. The highest BCUT2D eigenvalue weighted by Crippen LogP contribution is 2.23. The molecular weight excluding hydrogens is 206 g/mol. The van der Waals surface area contributed by atoms with Gasteiger partial charge in [0.2, 0.25) is 0 Å². The van der Waals surface area contributed by atoms with E-state index in [-0.39, 0.29) is 12.0 Å². The minimum Gasteiger partial charge on any atom is -0.468 e. The molecule has 0 aromatic heterocycles. The molecule has 0 aliphatic heterocycles. The number of rotatable bonds is 6. The van der Waals surface area contributed by atoms with E-state index in [2.05, 4.69) is 19.2 Å². The Labute approximate surface area is 97.7 Å². The Morgan fingerprint density at radius 2 is 2.00 bits per heavy atom. The van der Waals surface area contributed by atoms with Crippen LogP contribution in [0.3, 0.4) is 0 Å². The van der Waals surface area contributed by atoms with E-state index in [1.54, 1.807) is 7.11 Å². The summed E-state index contributed by atoms with van der Waals surface area (Å²) in [5.41, 5.74) is 0. The second-order valence-electron chi connectivity index (χ2n) is 4.90. The molecule has 1 atom stereocenters. The van der Waals surface area contributed by atoms with E-state index in [0.717, 1.165) is 19.3 Å². The van der Waals surface area contributed by atoms with Crippen LogP contribution in [0.2, 0.25) is 0 Å². The second kappa shape index (κ2) is 6.21. The van der Waals surface area contributed by atoms with Crippen LogP contribution in [-0.4, -0.2) is 38.4 Å². The molecule has 0 radical (unpaired) electrons. The molecule has 0 spiro atoms. The van der Waals surface area contributed by atoms with E-state index in [9.17, 15) is 4.79 Å². The summed E-state index contributed by atoms with van der Waals surface area (Å²) in [6.45, 7) is 4.21. The lowest BCUT2D eigenvalue weighted by Crippen LogP contribution is -2.52. The Bertz CT molecular complexity index is 224. The lowest BCUT2D eigenvalue weighted by Gasteiger charge is -2.37. The van der Waals surface area contributed by atoms with Crippen molar-refractivity contribution in [1.29, 1.82) is 0 Å². The van der Waals surface area contributed by atoms with Gasteiger partial charge in [-0.3, -0.25) is 4.79 Å². The minimum atomic E-state index is -0.173. The maximum absolute atomic E-state index is 11.6. The van der Waals surface area contributed by atoms with Crippen molar-refractivity contribution in [3.63, 3.8) is 0 Å². The van der Waals surface area contributed by atoms with Gasteiger partial charge in [0.15, 0.2) is 0 Å². The van der Waals surface area contributed by atoms with Crippen LogP contribution in [-0.2, 0) is 14.3 Å². The quantitative estimate of drug-likeness (QED) is 0.698. The van der Waals surface area contributed by atoms with Crippen LogP contribution >= 0.6 is 0 Å². The molecule has 1 N–H and O–H groups in total. The molecule has 1 unspecified atom stereocenters. The zero-order chi connectivity index (χ0) is 12.1. The number of esters is 1. The zero-order valence-corrected chi connectivity index (χ0v) is 10.7. The number of methoxy groups -OCH3 is 2. The van der Waals surface area contributed by atoms with Gasteiger partial charge in [-0.15, -0.1) is 0 Å². The molecule has 0 heterocycles. The summed E-state index contributed by atoms with van der Waals surface area (Å²) in [6.07, 6.45) is 3.15. The van der Waals surface area contributed by atoms with Crippen LogP contribution in [0, 0.1) is 5.92 Å². The number of ether oxygens (including phenoxy) is 2. The topological polar surface area (TPSA) is 47.6 Å². The fourth-order valence-electron chi connectivity index (χ4n) is 2.02. The zero-order valence-electron chi connectivity index (χ0n) is 10.7. The van der Waals surface area contributed by atoms with Crippen molar-refractivity contribution < 1.29 is 14.3 Å². The van der Waals surface area contributed by atoms with E-state index in [1.165, 1.54) is 7.11 Å². The molecule has 94 valence electrons. The molecule has 1 saturated carbocycles. The van der Waals surface area contributed by atoms with E-state index >= 15 is 0 Å². The largest absolute Gasteiger partial charge is 0.468 e. The van der Waals surface area contributed by atoms with Gasteiger partial charge < -0.3 is 14.8 Å². The summed E-state index contributed by atoms with van der Waals surface area (Å²) < 4.78 is 10.0. The molecule has 0 aromatic rings. The van der Waals surface area contributed by atoms with E-state index in [1.807, 2.05) is 0 Å². The molecule has 0 amide bonds. The number of carbonyl (C=O) groups excluding carboxylic acids is 1. The van der Waals surface area contributed by atoms with Gasteiger partial charge in [-0.25, -0.2) is 0 Å². The molecule has 1 aliphatic rings. The average molecular weight is 229 g/mol. The van der Waals surface area contributed by atoms with Gasteiger partial charge in [0, 0.05) is 13.2 Å². The number of hydrogen-bond acceptors (Lipinski definition) is 4. The van der Waals surface area contributed by atoms with Crippen LogP contribution in [0.25, 0.3) is 0 Å². The van der Waals surface area contributed by atoms with Crippen molar-refractivity contribution in [2.45, 2.75) is 51.3 Å². The second-order valence-corrected chi connectivity index (χ2v) is 4.90. The van der Waals surface area contributed by atoms with Gasteiger partial charge in [-0.1, -0.05) is 13.8 Å². The summed E-state index contributed by atoms with van der Waals surface area (Å²) >= 11 is 0. The third-order valence-electron chi connectivity index (χ3n) is 3.06. The Morgan fingerprint density at radius 3 is 2.44 bits per heavy atom. The third kappa shape index (κ3) is 3.76. The molecule has 1 rings (SSSR count). The summed E-state index contributed by atoms with van der Waals surface area (Å²) in [4.78, 5) is 11.6.